The molecule has 9 heteroatoms. The van der Waals surface area contributed by atoms with Crippen LogP contribution in [0.15, 0.2) is 22.9 Å². The Balaban J connectivity index is 1.93. The van der Waals surface area contributed by atoms with E-state index in [4.69, 9.17) is 19.0 Å². The fourth-order valence-corrected chi connectivity index (χ4v) is 2.41. The summed E-state index contributed by atoms with van der Waals surface area (Å²) in [4.78, 5) is 23.4. The van der Waals surface area contributed by atoms with E-state index >= 15 is 0 Å². The third kappa shape index (κ3) is 3.16. The van der Waals surface area contributed by atoms with Crippen LogP contribution < -0.4 is 14.8 Å². The van der Waals surface area contributed by atoms with Crippen LogP contribution in [0.3, 0.4) is 0 Å². The number of nitrogens with one attached hydrogen (secondary N) is 1. The largest absolute Gasteiger partial charge is 0.497 e. The van der Waals surface area contributed by atoms with E-state index in [2.05, 4.69) is 20.3 Å². The minimum absolute atomic E-state index is 0.104. The Hall–Kier alpha value is -3.36. The molecule has 0 atom stereocenters. The number of fused-ring (bicyclic) bond motifs is 1. The molecule has 2 heterocycles. The first-order valence-corrected chi connectivity index (χ1v) is 7.33. The minimum Gasteiger partial charge on any atom is -0.497 e. The normalized spacial score (nSPS) is 10.7. The van der Waals surface area contributed by atoms with Gasteiger partial charge in [0.1, 0.15) is 34.9 Å². The zero-order chi connectivity index (χ0) is 18.0. The van der Waals surface area contributed by atoms with Gasteiger partial charge >= 0.3 is 5.97 Å². The average Bonchev–Trinajstić information content (AvgIpc) is 2.99. The number of oxazole rings is 1. The Morgan fingerprint density at radius 3 is 2.72 bits per heavy atom. The molecule has 0 spiro atoms. The quantitative estimate of drug-likeness (QED) is 0.693. The van der Waals surface area contributed by atoms with Crippen LogP contribution in [0, 0.1) is 6.92 Å². The zero-order valence-corrected chi connectivity index (χ0v) is 13.9. The zero-order valence-electron chi connectivity index (χ0n) is 13.9. The van der Waals surface area contributed by atoms with Crippen molar-refractivity contribution < 1.29 is 23.8 Å². The van der Waals surface area contributed by atoms with Crippen LogP contribution in [-0.2, 0) is 6.54 Å². The summed E-state index contributed by atoms with van der Waals surface area (Å²) in [5.41, 5.74) is 0.517. The predicted octanol–water partition coefficient (Wildman–Crippen LogP) is 2.25. The second-order valence-corrected chi connectivity index (χ2v) is 5.12. The first-order chi connectivity index (χ1) is 12.0. The molecule has 0 amide bonds. The first kappa shape index (κ1) is 16.5. The molecular weight excluding hydrogens is 328 g/mol. The molecule has 0 aliphatic heterocycles. The van der Waals surface area contributed by atoms with Gasteiger partial charge in [0.25, 0.3) is 0 Å². The van der Waals surface area contributed by atoms with Crippen LogP contribution >= 0.6 is 0 Å². The molecule has 0 unspecified atom stereocenters. The third-order valence-corrected chi connectivity index (χ3v) is 3.58. The summed E-state index contributed by atoms with van der Waals surface area (Å²) in [7, 11) is 3.10. The van der Waals surface area contributed by atoms with Crippen LogP contribution in [0.5, 0.6) is 11.5 Å². The molecule has 3 aromatic rings. The fraction of sp³-hybridized carbons (Fsp3) is 0.250. The summed E-state index contributed by atoms with van der Waals surface area (Å²) in [5, 5.41) is 12.8. The maximum absolute atomic E-state index is 11.0. The average molecular weight is 344 g/mol. The Bertz CT molecular complexity index is 938. The molecular formula is C16H16N4O5. The van der Waals surface area contributed by atoms with Crippen molar-refractivity contribution in [1.29, 1.82) is 0 Å². The van der Waals surface area contributed by atoms with E-state index in [0.717, 1.165) is 0 Å². The number of benzene rings is 1. The second kappa shape index (κ2) is 6.63. The Kier molecular flexibility index (Phi) is 4.38. The maximum atomic E-state index is 11.0. The van der Waals surface area contributed by atoms with E-state index < -0.39 is 5.97 Å². The number of carbonyl (C=O) groups is 1. The molecule has 9 nitrogen and oxygen atoms in total. The molecule has 3 rings (SSSR count). The van der Waals surface area contributed by atoms with E-state index in [1.165, 1.54) is 6.33 Å². The van der Waals surface area contributed by atoms with Crippen LogP contribution in [0.25, 0.3) is 10.9 Å². The van der Waals surface area contributed by atoms with Crippen molar-refractivity contribution in [2.75, 3.05) is 19.5 Å². The van der Waals surface area contributed by atoms with Gasteiger partial charge in [-0.1, -0.05) is 0 Å². The highest BCUT2D eigenvalue weighted by atomic mass is 16.5. The van der Waals surface area contributed by atoms with Gasteiger partial charge in [-0.3, -0.25) is 0 Å². The van der Waals surface area contributed by atoms with Crippen molar-refractivity contribution in [2.24, 2.45) is 0 Å². The van der Waals surface area contributed by atoms with Crippen molar-refractivity contribution in [3.63, 3.8) is 0 Å². The maximum Gasteiger partial charge on any atom is 0.358 e. The summed E-state index contributed by atoms with van der Waals surface area (Å²) in [6.07, 6.45) is 1.41. The molecule has 0 bridgehead atoms. The number of hydrogen-bond acceptors (Lipinski definition) is 8. The van der Waals surface area contributed by atoms with Crippen molar-refractivity contribution in [1.82, 2.24) is 15.0 Å². The van der Waals surface area contributed by atoms with E-state index in [9.17, 15) is 4.79 Å². The molecule has 25 heavy (non-hydrogen) atoms. The minimum atomic E-state index is -1.13. The molecule has 1 aromatic carbocycles. The number of rotatable bonds is 6. The molecule has 130 valence electrons. The van der Waals surface area contributed by atoms with Gasteiger partial charge in [0.15, 0.2) is 5.69 Å². The number of hydrogen-bond donors (Lipinski definition) is 2. The molecule has 0 aliphatic carbocycles. The molecule has 0 radical (unpaired) electrons. The van der Waals surface area contributed by atoms with Gasteiger partial charge < -0.3 is 24.3 Å². The summed E-state index contributed by atoms with van der Waals surface area (Å²) >= 11 is 0. The third-order valence-electron chi connectivity index (χ3n) is 3.58. The van der Waals surface area contributed by atoms with Gasteiger partial charge in [-0.05, 0) is 13.0 Å². The summed E-state index contributed by atoms with van der Waals surface area (Å²) < 4.78 is 16.0. The number of aromatic nitrogens is 3. The summed E-state index contributed by atoms with van der Waals surface area (Å²) in [6, 6.07) is 3.51. The van der Waals surface area contributed by atoms with Crippen LogP contribution in [0.4, 0.5) is 5.82 Å². The van der Waals surface area contributed by atoms with Crippen molar-refractivity contribution in [2.45, 2.75) is 13.5 Å². The van der Waals surface area contributed by atoms with Gasteiger partial charge in [0.2, 0.25) is 5.89 Å². The number of anilines is 1. The molecule has 0 saturated heterocycles. The van der Waals surface area contributed by atoms with Gasteiger partial charge in [0, 0.05) is 6.07 Å². The van der Waals surface area contributed by atoms with Crippen LogP contribution in [-0.4, -0.2) is 40.2 Å². The van der Waals surface area contributed by atoms with Gasteiger partial charge in [-0.25, -0.2) is 19.7 Å². The van der Waals surface area contributed by atoms with Gasteiger partial charge in [-0.15, -0.1) is 0 Å². The van der Waals surface area contributed by atoms with Crippen LogP contribution in [0.1, 0.15) is 22.1 Å². The van der Waals surface area contributed by atoms with Crippen LogP contribution in [0.2, 0.25) is 0 Å². The lowest BCUT2D eigenvalue weighted by molar-refractivity contribution is 0.0689. The number of methoxy groups -OCH3 is 2. The monoisotopic (exact) mass is 344 g/mol. The lowest BCUT2D eigenvalue weighted by Crippen LogP contribution is -2.04. The highest BCUT2D eigenvalue weighted by Crippen LogP contribution is 2.32. The van der Waals surface area contributed by atoms with E-state index in [1.54, 1.807) is 33.3 Å². The number of carboxylic acids is 1. The standard InChI is InChI=1S/C16H16N4O5/c1-8-13(16(21)22)20-12(25-8)6-17-15-10-4-9(23-2)5-11(24-3)14(10)18-7-19-15/h4-5,7H,6H2,1-3H3,(H,21,22)(H,17,18,19). The van der Waals surface area contributed by atoms with Crippen molar-refractivity contribution in [3.8, 4) is 11.5 Å². The summed E-state index contributed by atoms with van der Waals surface area (Å²) in [5.74, 6) is 1.04. The lowest BCUT2D eigenvalue weighted by Gasteiger charge is -2.11. The summed E-state index contributed by atoms with van der Waals surface area (Å²) in [6.45, 7) is 1.72. The van der Waals surface area contributed by atoms with Gasteiger partial charge in [-0.2, -0.15) is 0 Å². The fourth-order valence-electron chi connectivity index (χ4n) is 2.41. The topological polar surface area (TPSA) is 120 Å². The Morgan fingerprint density at radius 2 is 2.08 bits per heavy atom. The van der Waals surface area contributed by atoms with Crippen molar-refractivity contribution in [3.05, 3.63) is 35.8 Å². The number of carboxylic acid groups (broad SMARTS) is 1. The Morgan fingerprint density at radius 1 is 1.28 bits per heavy atom. The first-order valence-electron chi connectivity index (χ1n) is 7.33. The molecule has 0 aliphatic rings. The number of aromatic carboxylic acids is 1. The van der Waals surface area contributed by atoms with E-state index in [1.807, 2.05) is 0 Å². The van der Waals surface area contributed by atoms with E-state index in [0.29, 0.717) is 28.2 Å². The predicted molar refractivity (Wildman–Crippen MR) is 88.2 cm³/mol. The smallest absolute Gasteiger partial charge is 0.358 e. The highest BCUT2D eigenvalue weighted by Gasteiger charge is 2.16. The SMILES string of the molecule is COc1cc(OC)c2ncnc(NCc3nc(C(=O)O)c(C)o3)c2c1. The number of ether oxygens (including phenoxy) is 2. The molecule has 2 aromatic heterocycles. The molecule has 2 N–H and O–H groups in total. The molecule has 0 fully saturated rings. The molecule has 0 saturated carbocycles. The lowest BCUT2D eigenvalue weighted by atomic mass is 10.2. The second-order valence-electron chi connectivity index (χ2n) is 5.12. The van der Waals surface area contributed by atoms with Crippen molar-refractivity contribution >= 4 is 22.7 Å². The van der Waals surface area contributed by atoms with Gasteiger partial charge in [0.05, 0.1) is 26.2 Å². The number of aryl methyl sites for hydroxylation is 1. The number of nitrogens with zero attached hydrogens (tertiary/aromatic N) is 3. The Labute approximate surface area is 142 Å². The highest BCUT2D eigenvalue weighted by molar-refractivity contribution is 5.94. The van der Waals surface area contributed by atoms with E-state index in [-0.39, 0.29) is 23.9 Å².